The number of hydrogen-bond donors (Lipinski definition) is 2. The zero-order valence-electron chi connectivity index (χ0n) is 18.7. The molecule has 0 bridgehead atoms. The van der Waals surface area contributed by atoms with Crippen molar-refractivity contribution in [1.29, 1.82) is 0 Å². The molecule has 11 nitrogen and oxygen atoms in total. The Morgan fingerprint density at radius 1 is 1.38 bits per heavy atom. The first-order valence-electron chi connectivity index (χ1n) is 10.1. The number of nitrogens with zero attached hydrogens (tertiary/aromatic N) is 1. The summed E-state index contributed by atoms with van der Waals surface area (Å²) in [6.07, 6.45) is 9.06. The zero-order valence-corrected chi connectivity index (χ0v) is 19.6. The van der Waals surface area contributed by atoms with Crippen molar-refractivity contribution in [2.24, 2.45) is 0 Å². The average molecular weight is 489 g/mol. The molecule has 1 aliphatic rings. The molecule has 0 amide bonds. The number of rotatable bonds is 9. The molecule has 0 spiro atoms. The van der Waals surface area contributed by atoms with Gasteiger partial charge >= 0.3 is 19.4 Å². The topological polar surface area (TPSA) is 138 Å². The highest BCUT2D eigenvalue weighted by atomic mass is 31.2. The molecule has 0 aliphatic carbocycles. The van der Waals surface area contributed by atoms with Gasteiger partial charge in [0.25, 0.3) is 5.56 Å². The van der Waals surface area contributed by atoms with E-state index in [9.17, 15) is 18.9 Å². The monoisotopic (exact) mass is 489 g/mol. The molecule has 3 rings (SSSR count). The van der Waals surface area contributed by atoms with E-state index in [1.165, 1.54) is 39.3 Å². The van der Waals surface area contributed by atoms with E-state index in [4.69, 9.17) is 20.2 Å². The average Bonchev–Trinajstić information content (AvgIpc) is 3.25. The standard InChI is InChI=1S/C22H24N3O8P/c1-5-22(12-11-18(32-22)25-13-15(2)19(26)23-21(25)28)14-31-34(29,24-16(3)20(27)30-4)33-17-9-7-6-8-10-17/h1,6-13,16,18H,14H2,2-4H3,(H,24,29)(H,23,26,28)/t16-,18+,22-,34-/m0/s1. The molecule has 180 valence electrons. The molecule has 0 radical (unpaired) electrons. The number of aromatic amines is 1. The van der Waals surface area contributed by atoms with Crippen LogP contribution in [0.1, 0.15) is 18.7 Å². The summed E-state index contributed by atoms with van der Waals surface area (Å²) >= 11 is 0. The van der Waals surface area contributed by atoms with Gasteiger partial charge in [0.1, 0.15) is 18.4 Å². The third-order valence-corrected chi connectivity index (χ3v) is 6.47. The van der Waals surface area contributed by atoms with Gasteiger partial charge in [0.2, 0.25) is 0 Å². The third-order valence-electron chi connectivity index (χ3n) is 4.85. The minimum Gasteiger partial charge on any atom is -0.468 e. The minimum atomic E-state index is -4.16. The van der Waals surface area contributed by atoms with Crippen molar-refractivity contribution in [2.45, 2.75) is 31.7 Å². The summed E-state index contributed by atoms with van der Waals surface area (Å²) in [6.45, 7) is 2.52. The molecule has 2 heterocycles. The number of carbonyl (C=O) groups is 1. The van der Waals surface area contributed by atoms with Gasteiger partial charge in [-0.15, -0.1) is 6.42 Å². The predicted molar refractivity (Wildman–Crippen MR) is 122 cm³/mol. The number of aryl methyl sites for hydroxylation is 1. The number of ether oxygens (including phenoxy) is 2. The fourth-order valence-corrected chi connectivity index (χ4v) is 4.54. The molecule has 1 aromatic heterocycles. The van der Waals surface area contributed by atoms with Gasteiger partial charge in [0.15, 0.2) is 11.8 Å². The number of nitrogens with one attached hydrogen (secondary N) is 2. The number of H-pyrrole nitrogens is 1. The van der Waals surface area contributed by atoms with Gasteiger partial charge in [0, 0.05) is 11.8 Å². The quantitative estimate of drug-likeness (QED) is 0.233. The molecule has 1 aromatic carbocycles. The van der Waals surface area contributed by atoms with Gasteiger partial charge < -0.3 is 14.0 Å². The number of methoxy groups -OCH3 is 1. The number of terminal acetylenes is 1. The van der Waals surface area contributed by atoms with Crippen LogP contribution in [0.5, 0.6) is 5.75 Å². The van der Waals surface area contributed by atoms with Crippen LogP contribution in [-0.4, -0.2) is 40.9 Å². The number of hydrogen-bond acceptors (Lipinski definition) is 8. The van der Waals surface area contributed by atoms with E-state index in [1.807, 2.05) is 0 Å². The Bertz CT molecular complexity index is 1280. The van der Waals surface area contributed by atoms with Crippen molar-refractivity contribution in [3.8, 4) is 18.1 Å². The van der Waals surface area contributed by atoms with Crippen molar-refractivity contribution < 1.29 is 27.9 Å². The highest BCUT2D eigenvalue weighted by molar-refractivity contribution is 7.52. The second-order valence-electron chi connectivity index (χ2n) is 7.43. The van der Waals surface area contributed by atoms with Crippen molar-refractivity contribution in [3.05, 3.63) is 75.1 Å². The van der Waals surface area contributed by atoms with Crippen molar-refractivity contribution in [3.63, 3.8) is 0 Å². The van der Waals surface area contributed by atoms with Crippen LogP contribution in [0.4, 0.5) is 0 Å². The van der Waals surface area contributed by atoms with Gasteiger partial charge in [0.05, 0.1) is 7.11 Å². The lowest BCUT2D eigenvalue weighted by molar-refractivity contribution is -0.142. The second-order valence-corrected chi connectivity index (χ2v) is 9.12. The van der Waals surface area contributed by atoms with E-state index < -0.39 is 49.4 Å². The molecule has 2 N–H and O–H groups in total. The van der Waals surface area contributed by atoms with E-state index >= 15 is 0 Å². The largest absolute Gasteiger partial charge is 0.468 e. The van der Waals surface area contributed by atoms with E-state index in [0.717, 1.165) is 4.57 Å². The fourth-order valence-electron chi connectivity index (χ4n) is 3.02. The molecule has 0 saturated carbocycles. The van der Waals surface area contributed by atoms with Gasteiger partial charge in [-0.2, -0.15) is 5.09 Å². The first-order chi connectivity index (χ1) is 16.1. The summed E-state index contributed by atoms with van der Waals surface area (Å²) in [7, 11) is -2.97. The summed E-state index contributed by atoms with van der Waals surface area (Å²) in [5.74, 6) is 1.97. The molecule has 0 saturated heterocycles. The van der Waals surface area contributed by atoms with Crippen LogP contribution < -0.4 is 20.9 Å². The van der Waals surface area contributed by atoms with Crippen LogP contribution >= 0.6 is 7.75 Å². The molecule has 4 atom stereocenters. The Labute approximate surface area is 195 Å². The highest BCUT2D eigenvalue weighted by Gasteiger charge is 2.40. The summed E-state index contributed by atoms with van der Waals surface area (Å²) in [4.78, 5) is 37.9. The van der Waals surface area contributed by atoms with Crippen LogP contribution in [-0.2, 0) is 23.4 Å². The Kier molecular flexibility index (Phi) is 7.59. The summed E-state index contributed by atoms with van der Waals surface area (Å²) in [6, 6.07) is 7.17. The number of carbonyl (C=O) groups excluding carboxylic acids is 1. The molecule has 0 fully saturated rings. The van der Waals surface area contributed by atoms with Gasteiger partial charge in [-0.1, -0.05) is 24.1 Å². The predicted octanol–water partition coefficient (Wildman–Crippen LogP) is 1.66. The van der Waals surface area contributed by atoms with E-state index in [-0.39, 0.29) is 5.75 Å². The number of esters is 1. The maximum atomic E-state index is 13.5. The normalized spacial score (nSPS) is 21.9. The van der Waals surface area contributed by atoms with E-state index in [2.05, 4.69) is 20.7 Å². The summed E-state index contributed by atoms with van der Waals surface area (Å²) in [5.41, 5.74) is -2.42. The van der Waals surface area contributed by atoms with Crippen LogP contribution in [0.25, 0.3) is 0 Å². The molecule has 0 unspecified atom stereocenters. The SMILES string of the molecule is C#C[C@@]1(CO[P@@](=O)(N[C@@H](C)C(=O)OC)Oc2ccccc2)C=C[C@H](n2cc(C)c(=O)[nH]c2=O)O1. The molecule has 12 heteroatoms. The lowest BCUT2D eigenvalue weighted by Gasteiger charge is -2.28. The van der Waals surface area contributed by atoms with Crippen molar-refractivity contribution in [2.75, 3.05) is 13.7 Å². The summed E-state index contributed by atoms with van der Waals surface area (Å²) in [5, 5.41) is 2.52. The van der Waals surface area contributed by atoms with Crippen LogP contribution in [0, 0.1) is 19.3 Å². The number of para-hydroxylation sites is 1. The Balaban J connectivity index is 1.81. The lowest BCUT2D eigenvalue weighted by atomic mass is 10.1. The second kappa shape index (κ2) is 10.2. The molecular formula is C22H24N3O8P. The lowest BCUT2D eigenvalue weighted by Crippen LogP contribution is -2.39. The molecule has 34 heavy (non-hydrogen) atoms. The van der Waals surface area contributed by atoms with Crippen LogP contribution in [0.3, 0.4) is 0 Å². The van der Waals surface area contributed by atoms with Crippen LogP contribution in [0.2, 0.25) is 0 Å². The number of benzene rings is 1. The van der Waals surface area contributed by atoms with Crippen molar-refractivity contribution >= 4 is 13.7 Å². The van der Waals surface area contributed by atoms with Crippen molar-refractivity contribution in [1.82, 2.24) is 14.6 Å². The molecule has 2 aromatic rings. The molecule has 1 aliphatic heterocycles. The maximum absolute atomic E-state index is 13.5. The Morgan fingerprint density at radius 2 is 2.09 bits per heavy atom. The minimum absolute atomic E-state index is 0.223. The fraction of sp³-hybridized carbons (Fsp3) is 0.318. The Hall–Kier alpha value is -3.42. The number of aromatic nitrogens is 2. The van der Waals surface area contributed by atoms with E-state index in [0.29, 0.717) is 5.56 Å². The summed E-state index contributed by atoms with van der Waals surface area (Å²) < 4.78 is 36.3. The third kappa shape index (κ3) is 5.73. The highest BCUT2D eigenvalue weighted by Crippen LogP contribution is 2.46. The molecular weight excluding hydrogens is 465 g/mol. The van der Waals surface area contributed by atoms with E-state index in [1.54, 1.807) is 30.3 Å². The first-order valence-corrected chi connectivity index (χ1v) is 11.7. The first kappa shape index (κ1) is 25.2. The van der Waals surface area contributed by atoms with Gasteiger partial charge in [-0.25, -0.2) is 9.36 Å². The van der Waals surface area contributed by atoms with Crippen LogP contribution in [0.15, 0.2) is 58.3 Å². The van der Waals surface area contributed by atoms with Gasteiger partial charge in [-0.3, -0.25) is 23.7 Å². The smallest absolute Gasteiger partial charge is 0.459 e. The maximum Gasteiger partial charge on any atom is 0.459 e. The zero-order chi connectivity index (χ0) is 24.9. The van der Waals surface area contributed by atoms with Gasteiger partial charge in [-0.05, 0) is 38.1 Å². The Morgan fingerprint density at radius 3 is 2.74 bits per heavy atom.